The van der Waals surface area contributed by atoms with Crippen molar-refractivity contribution in [1.82, 2.24) is 9.97 Å². The van der Waals surface area contributed by atoms with E-state index in [4.69, 9.17) is 0 Å². The summed E-state index contributed by atoms with van der Waals surface area (Å²) in [7, 11) is 0. The summed E-state index contributed by atoms with van der Waals surface area (Å²) >= 11 is 0. The van der Waals surface area contributed by atoms with Crippen molar-refractivity contribution in [3.63, 3.8) is 0 Å². The number of nitrogens with one attached hydrogen (secondary N) is 2. The van der Waals surface area contributed by atoms with Gasteiger partial charge in [0.25, 0.3) is 5.56 Å². The normalized spacial score (nSPS) is 10.8. The average Bonchev–Trinajstić information content (AvgIpc) is 2.84. The van der Waals surface area contributed by atoms with Gasteiger partial charge in [-0.2, -0.15) is 0 Å². The van der Waals surface area contributed by atoms with Gasteiger partial charge in [-0.15, -0.1) is 0 Å². The van der Waals surface area contributed by atoms with E-state index in [-0.39, 0.29) is 5.56 Å². The molecule has 3 nitrogen and oxygen atoms in total. The molecule has 2 N–H and O–H groups in total. The van der Waals surface area contributed by atoms with Crippen LogP contribution in [0.1, 0.15) is 11.1 Å². The molecule has 17 heavy (non-hydrogen) atoms. The summed E-state index contributed by atoms with van der Waals surface area (Å²) in [5.74, 6) is 0. The summed E-state index contributed by atoms with van der Waals surface area (Å²) in [6.45, 7) is 0. The molecule has 0 atom stereocenters. The summed E-state index contributed by atoms with van der Waals surface area (Å²) in [6, 6.07) is 10.2. The van der Waals surface area contributed by atoms with Gasteiger partial charge in [0.05, 0.1) is 5.39 Å². The number of hydrogen-bond donors (Lipinski definition) is 2. The Morgan fingerprint density at radius 3 is 2.53 bits per heavy atom. The quantitative estimate of drug-likeness (QED) is 0.690. The number of fused-ring (bicyclic) bond motifs is 1. The van der Waals surface area contributed by atoms with Gasteiger partial charge >= 0.3 is 0 Å². The fraction of sp³-hybridized carbons (Fsp3) is 0.0714. The molecule has 0 aliphatic rings. The van der Waals surface area contributed by atoms with E-state index in [1.807, 2.05) is 24.4 Å². The van der Waals surface area contributed by atoms with Crippen LogP contribution in [-0.4, -0.2) is 9.97 Å². The average molecular weight is 224 g/mol. The van der Waals surface area contributed by atoms with Crippen LogP contribution in [0.4, 0.5) is 0 Å². The van der Waals surface area contributed by atoms with E-state index in [1.54, 1.807) is 12.4 Å². The Kier molecular flexibility index (Phi) is 2.29. The maximum absolute atomic E-state index is 11.6. The first-order valence-electron chi connectivity index (χ1n) is 5.55. The highest BCUT2D eigenvalue weighted by atomic mass is 16.1. The number of aromatic nitrogens is 2. The minimum atomic E-state index is -0.0435. The maximum Gasteiger partial charge on any atom is 0.257 e. The predicted molar refractivity (Wildman–Crippen MR) is 68.2 cm³/mol. The lowest BCUT2D eigenvalue weighted by molar-refractivity contribution is 1.15. The van der Waals surface area contributed by atoms with E-state index in [9.17, 15) is 4.79 Å². The monoisotopic (exact) mass is 224 g/mol. The summed E-state index contributed by atoms with van der Waals surface area (Å²) in [4.78, 5) is 17.3. The molecule has 3 aromatic rings. The van der Waals surface area contributed by atoms with Crippen LogP contribution < -0.4 is 5.56 Å². The Hall–Kier alpha value is -2.29. The zero-order chi connectivity index (χ0) is 11.7. The first-order chi connectivity index (χ1) is 8.34. The van der Waals surface area contributed by atoms with Gasteiger partial charge in [0.2, 0.25) is 0 Å². The summed E-state index contributed by atoms with van der Waals surface area (Å²) in [6.07, 6.45) is 6.24. The van der Waals surface area contributed by atoms with Crippen LogP contribution in [0.5, 0.6) is 0 Å². The van der Waals surface area contributed by atoms with Crippen molar-refractivity contribution < 1.29 is 0 Å². The van der Waals surface area contributed by atoms with E-state index in [0.29, 0.717) is 0 Å². The minimum absolute atomic E-state index is 0.0435. The van der Waals surface area contributed by atoms with E-state index < -0.39 is 0 Å². The third kappa shape index (κ3) is 1.76. The molecule has 2 heterocycles. The van der Waals surface area contributed by atoms with Gasteiger partial charge in [-0.3, -0.25) is 4.79 Å². The van der Waals surface area contributed by atoms with Crippen molar-refractivity contribution in [2.45, 2.75) is 6.42 Å². The van der Waals surface area contributed by atoms with Gasteiger partial charge in [0, 0.05) is 24.0 Å². The van der Waals surface area contributed by atoms with Gasteiger partial charge in [0.1, 0.15) is 0 Å². The molecule has 3 rings (SSSR count). The molecule has 1 aromatic carbocycles. The Bertz CT molecular complexity index is 695. The minimum Gasteiger partial charge on any atom is -0.366 e. The van der Waals surface area contributed by atoms with Crippen LogP contribution in [0.3, 0.4) is 0 Å². The third-order valence-electron chi connectivity index (χ3n) is 2.95. The van der Waals surface area contributed by atoms with Crippen molar-refractivity contribution in [2.75, 3.05) is 0 Å². The highest BCUT2D eigenvalue weighted by Crippen LogP contribution is 2.17. The molecule has 0 saturated heterocycles. The molecular weight excluding hydrogens is 212 g/mol. The summed E-state index contributed by atoms with van der Waals surface area (Å²) < 4.78 is 0. The second-order valence-corrected chi connectivity index (χ2v) is 4.09. The van der Waals surface area contributed by atoms with Crippen molar-refractivity contribution in [2.24, 2.45) is 0 Å². The Morgan fingerprint density at radius 2 is 1.71 bits per heavy atom. The molecule has 0 bridgehead atoms. The van der Waals surface area contributed by atoms with E-state index >= 15 is 0 Å². The highest BCUT2D eigenvalue weighted by molar-refractivity contribution is 5.84. The molecule has 0 spiro atoms. The van der Waals surface area contributed by atoms with E-state index in [0.717, 1.165) is 22.8 Å². The lowest BCUT2D eigenvalue weighted by atomic mass is 10.0. The van der Waals surface area contributed by atoms with Gasteiger partial charge in [-0.25, -0.2) is 0 Å². The fourth-order valence-electron chi connectivity index (χ4n) is 2.09. The topological polar surface area (TPSA) is 48.6 Å². The molecular formula is C14H12N2O. The predicted octanol–water partition coefficient (Wildman–Crippen LogP) is 2.45. The number of benzene rings is 1. The molecule has 0 aliphatic heterocycles. The number of aromatic amines is 2. The summed E-state index contributed by atoms with van der Waals surface area (Å²) in [5.41, 5.74) is 2.33. The molecule has 84 valence electrons. The van der Waals surface area contributed by atoms with Crippen molar-refractivity contribution >= 4 is 10.8 Å². The fourth-order valence-corrected chi connectivity index (χ4v) is 2.09. The number of rotatable bonds is 2. The SMILES string of the molecule is O=c1[nH]cc(Cc2ccccc2)c2c[nH]cc12. The van der Waals surface area contributed by atoms with Crippen molar-refractivity contribution in [1.29, 1.82) is 0 Å². The number of H-pyrrole nitrogens is 2. The molecule has 0 fully saturated rings. The lowest BCUT2D eigenvalue weighted by Gasteiger charge is -2.03. The highest BCUT2D eigenvalue weighted by Gasteiger charge is 2.05. The van der Waals surface area contributed by atoms with Crippen LogP contribution in [-0.2, 0) is 6.42 Å². The van der Waals surface area contributed by atoms with Gasteiger partial charge < -0.3 is 9.97 Å². The number of hydrogen-bond acceptors (Lipinski definition) is 1. The van der Waals surface area contributed by atoms with Crippen molar-refractivity contribution in [3.05, 3.63) is 70.4 Å². The first-order valence-corrected chi connectivity index (χ1v) is 5.55. The molecule has 0 saturated carbocycles. The Labute approximate surface area is 98.1 Å². The standard InChI is InChI=1S/C14H12N2O/c17-14-13-9-15-8-12(13)11(7-16-14)6-10-4-2-1-3-5-10/h1-5,7-9,15H,6H2,(H,16,17). The van der Waals surface area contributed by atoms with Crippen LogP contribution >= 0.6 is 0 Å². The van der Waals surface area contributed by atoms with Gasteiger partial charge in [-0.05, 0) is 17.5 Å². The second kappa shape index (κ2) is 3.94. The summed E-state index contributed by atoms with van der Waals surface area (Å²) in [5, 5.41) is 1.72. The molecule has 3 heteroatoms. The van der Waals surface area contributed by atoms with Crippen LogP contribution in [0.2, 0.25) is 0 Å². The van der Waals surface area contributed by atoms with Crippen LogP contribution in [0, 0.1) is 0 Å². The van der Waals surface area contributed by atoms with E-state index in [1.165, 1.54) is 5.56 Å². The molecule has 0 unspecified atom stereocenters. The second-order valence-electron chi connectivity index (χ2n) is 4.09. The maximum atomic E-state index is 11.6. The van der Waals surface area contributed by atoms with E-state index in [2.05, 4.69) is 22.1 Å². The Balaban J connectivity index is 2.10. The molecule has 0 amide bonds. The van der Waals surface area contributed by atoms with Gasteiger partial charge in [0.15, 0.2) is 0 Å². The Morgan fingerprint density at radius 1 is 0.941 bits per heavy atom. The smallest absolute Gasteiger partial charge is 0.257 e. The van der Waals surface area contributed by atoms with Crippen LogP contribution in [0.15, 0.2) is 53.7 Å². The van der Waals surface area contributed by atoms with Gasteiger partial charge in [-0.1, -0.05) is 30.3 Å². The van der Waals surface area contributed by atoms with Crippen molar-refractivity contribution in [3.8, 4) is 0 Å². The molecule has 0 aliphatic carbocycles. The lowest BCUT2D eigenvalue weighted by Crippen LogP contribution is -2.05. The first kappa shape index (κ1) is 9.90. The van der Waals surface area contributed by atoms with Crippen LogP contribution in [0.25, 0.3) is 10.8 Å². The molecule has 2 aromatic heterocycles. The third-order valence-corrected chi connectivity index (χ3v) is 2.95. The largest absolute Gasteiger partial charge is 0.366 e. The molecule has 0 radical (unpaired) electrons. The zero-order valence-electron chi connectivity index (χ0n) is 9.23. The number of pyridine rings is 1. The zero-order valence-corrected chi connectivity index (χ0v) is 9.23.